The number of nitrogens with two attached hydrogens (primary N) is 1. The highest BCUT2D eigenvalue weighted by Gasteiger charge is 2.27. The predicted molar refractivity (Wildman–Crippen MR) is 130 cm³/mol. The van der Waals surface area contributed by atoms with Gasteiger partial charge in [0.25, 0.3) is 0 Å². The number of aromatic nitrogens is 3. The number of halogens is 2. The fourth-order valence-corrected chi connectivity index (χ4v) is 3.77. The molecule has 1 aliphatic rings. The smallest absolute Gasteiger partial charge is 0.219 e. The number of pyridine rings is 1. The van der Waals surface area contributed by atoms with Crippen LogP contribution in [0.5, 0.6) is 11.6 Å². The first-order valence-corrected chi connectivity index (χ1v) is 11.4. The summed E-state index contributed by atoms with van der Waals surface area (Å²) < 4.78 is 20.7. The van der Waals surface area contributed by atoms with Gasteiger partial charge in [0.05, 0.1) is 17.3 Å². The second-order valence-corrected chi connectivity index (χ2v) is 8.68. The fourth-order valence-electron chi connectivity index (χ4n) is 3.61. The van der Waals surface area contributed by atoms with Gasteiger partial charge in [-0.05, 0) is 54.8 Å². The van der Waals surface area contributed by atoms with Crippen LogP contribution in [0.4, 0.5) is 10.1 Å². The van der Waals surface area contributed by atoms with Gasteiger partial charge in [-0.25, -0.2) is 9.37 Å². The van der Waals surface area contributed by atoms with E-state index in [1.807, 2.05) is 0 Å². The zero-order valence-corrected chi connectivity index (χ0v) is 19.2. The molecule has 2 N–H and O–H groups in total. The molecule has 9 heteroatoms. The van der Waals surface area contributed by atoms with Gasteiger partial charge in [-0.15, -0.1) is 0 Å². The van der Waals surface area contributed by atoms with Gasteiger partial charge in [0.2, 0.25) is 11.3 Å². The minimum absolute atomic E-state index is 0.0287. The van der Waals surface area contributed by atoms with E-state index < -0.39 is 11.2 Å². The zero-order valence-electron chi connectivity index (χ0n) is 18.4. The lowest BCUT2D eigenvalue weighted by molar-refractivity contribution is 0.0990. The molecule has 1 saturated carbocycles. The number of Topliss-reactive ketones (excluding diaryl/α,β-unsaturated/α-hetero) is 1. The van der Waals surface area contributed by atoms with Crippen LogP contribution in [0.2, 0.25) is 5.02 Å². The summed E-state index contributed by atoms with van der Waals surface area (Å²) >= 11 is 6.15. The monoisotopic (exact) mass is 490 g/mol. The Morgan fingerprint density at radius 2 is 1.91 bits per heavy atom. The van der Waals surface area contributed by atoms with Gasteiger partial charge in [-0.1, -0.05) is 23.7 Å². The summed E-state index contributed by atoms with van der Waals surface area (Å²) in [5.74, 6) is -0.119. The molecule has 1 aliphatic carbocycles. The highest BCUT2D eigenvalue weighted by atomic mass is 35.5. The van der Waals surface area contributed by atoms with Crippen LogP contribution in [0.3, 0.4) is 0 Å². The molecule has 7 nitrogen and oxygen atoms in total. The third-order valence-electron chi connectivity index (χ3n) is 5.65. The van der Waals surface area contributed by atoms with E-state index in [1.54, 1.807) is 35.0 Å². The van der Waals surface area contributed by atoms with Gasteiger partial charge >= 0.3 is 0 Å². The Morgan fingerprint density at radius 1 is 1.14 bits per heavy atom. The number of rotatable bonds is 7. The van der Waals surface area contributed by atoms with Gasteiger partial charge in [0.15, 0.2) is 5.78 Å². The van der Waals surface area contributed by atoms with Gasteiger partial charge in [-0.3, -0.25) is 14.3 Å². The molecule has 2 aromatic carbocycles. The van der Waals surface area contributed by atoms with Crippen molar-refractivity contribution in [3.05, 3.63) is 99.2 Å². The van der Waals surface area contributed by atoms with Gasteiger partial charge < -0.3 is 10.5 Å². The lowest BCUT2D eigenvalue weighted by Gasteiger charge is -2.11. The summed E-state index contributed by atoms with van der Waals surface area (Å²) in [5.41, 5.74) is 6.94. The van der Waals surface area contributed by atoms with Crippen molar-refractivity contribution in [2.45, 2.75) is 25.3 Å². The van der Waals surface area contributed by atoms with Crippen LogP contribution in [0.25, 0.3) is 11.3 Å². The quantitative estimate of drug-likeness (QED) is 0.281. The molecule has 0 atom stereocenters. The first-order valence-electron chi connectivity index (χ1n) is 11.0. The van der Waals surface area contributed by atoms with Crippen molar-refractivity contribution in [3.63, 3.8) is 0 Å². The van der Waals surface area contributed by atoms with E-state index in [1.165, 1.54) is 36.7 Å². The molecule has 35 heavy (non-hydrogen) atoms. The number of nitrogens with zero attached hydrogens (tertiary/aromatic N) is 3. The second kappa shape index (κ2) is 9.31. The minimum Gasteiger partial charge on any atom is -0.437 e. The molecule has 4 aromatic rings. The summed E-state index contributed by atoms with van der Waals surface area (Å²) in [6, 6.07) is 14.0. The molecule has 0 saturated heterocycles. The number of hydrogen-bond donors (Lipinski definition) is 1. The minimum atomic E-state index is -0.484. The van der Waals surface area contributed by atoms with E-state index >= 15 is 0 Å². The van der Waals surface area contributed by atoms with Crippen LogP contribution in [-0.4, -0.2) is 20.5 Å². The van der Waals surface area contributed by atoms with Crippen molar-refractivity contribution in [1.29, 1.82) is 0 Å². The number of anilines is 1. The largest absolute Gasteiger partial charge is 0.437 e. The average Bonchev–Trinajstić information content (AvgIpc) is 3.70. The zero-order chi connectivity index (χ0) is 24.5. The molecule has 176 valence electrons. The summed E-state index contributed by atoms with van der Waals surface area (Å²) in [6.45, 7) is 0. The van der Waals surface area contributed by atoms with Crippen molar-refractivity contribution in [3.8, 4) is 22.9 Å². The number of benzene rings is 2. The molecule has 0 aliphatic heterocycles. The average molecular weight is 491 g/mol. The Kier molecular flexibility index (Phi) is 6.05. The topological polar surface area (TPSA) is 100 Å². The third kappa shape index (κ3) is 4.93. The molecular formula is C26H20ClFN4O3. The van der Waals surface area contributed by atoms with Crippen LogP contribution in [0.15, 0.2) is 71.8 Å². The van der Waals surface area contributed by atoms with Crippen LogP contribution in [0, 0.1) is 5.82 Å². The standard InChI is InChI=1S/C26H20ClFN4O3/c27-24-20(29)2-1-3-22(24)35-23-11-4-15(13-30-23)12-21(33)19-14-32(18-9-10-18)31-25(26(19)34)16-5-7-17(28)8-6-16/h1-8,11,13-14,18H,9-10,12,29H2. The molecule has 0 unspecified atom stereocenters. The number of ether oxygens (including phenoxy) is 1. The second-order valence-electron chi connectivity index (χ2n) is 8.30. The number of carbonyl (C=O) groups excluding carboxylic acids is 1. The first-order chi connectivity index (χ1) is 16.9. The summed E-state index contributed by atoms with van der Waals surface area (Å²) in [6.07, 6.45) is 4.85. The normalized spacial score (nSPS) is 13.0. The van der Waals surface area contributed by atoms with Crippen molar-refractivity contribution in [2.75, 3.05) is 5.73 Å². The number of ketones is 1. The molecule has 1 fully saturated rings. The molecule has 0 radical (unpaired) electrons. The third-order valence-corrected chi connectivity index (χ3v) is 6.05. The molecule has 2 heterocycles. The number of nitrogen functional groups attached to an aromatic ring is 1. The Balaban J connectivity index is 1.39. The van der Waals surface area contributed by atoms with E-state index in [0.29, 0.717) is 22.6 Å². The van der Waals surface area contributed by atoms with Crippen LogP contribution >= 0.6 is 11.6 Å². The summed E-state index contributed by atoms with van der Waals surface area (Å²) in [7, 11) is 0. The van der Waals surface area contributed by atoms with Crippen molar-refractivity contribution >= 4 is 23.1 Å². The molecular weight excluding hydrogens is 471 g/mol. The van der Waals surface area contributed by atoms with E-state index in [-0.39, 0.29) is 40.4 Å². The van der Waals surface area contributed by atoms with Crippen molar-refractivity contribution in [2.24, 2.45) is 0 Å². The Bertz CT molecular complexity index is 1470. The molecule has 0 spiro atoms. The number of carbonyl (C=O) groups is 1. The van der Waals surface area contributed by atoms with Crippen LogP contribution in [0.1, 0.15) is 34.8 Å². The lowest BCUT2D eigenvalue weighted by Crippen LogP contribution is -2.23. The molecule has 2 aromatic heterocycles. The van der Waals surface area contributed by atoms with Gasteiger partial charge in [0.1, 0.15) is 22.3 Å². The SMILES string of the molecule is Nc1cccc(Oc2ccc(CC(=O)c3cn(C4CC4)nc(-c4ccc(F)cc4)c3=O)cn2)c1Cl. The van der Waals surface area contributed by atoms with E-state index in [2.05, 4.69) is 10.1 Å². The van der Waals surface area contributed by atoms with Crippen molar-refractivity contribution in [1.82, 2.24) is 14.8 Å². The summed E-state index contributed by atoms with van der Waals surface area (Å²) in [5, 5.41) is 4.72. The maximum atomic E-state index is 13.4. The Morgan fingerprint density at radius 3 is 2.60 bits per heavy atom. The van der Waals surface area contributed by atoms with Crippen LogP contribution in [-0.2, 0) is 6.42 Å². The molecule has 5 rings (SSSR count). The molecule has 0 amide bonds. The first kappa shape index (κ1) is 22.7. The van der Waals surface area contributed by atoms with E-state index in [9.17, 15) is 14.0 Å². The van der Waals surface area contributed by atoms with E-state index in [0.717, 1.165) is 12.8 Å². The Labute approximate surface area is 205 Å². The maximum Gasteiger partial charge on any atom is 0.219 e. The van der Waals surface area contributed by atoms with Gasteiger partial charge in [-0.2, -0.15) is 5.10 Å². The van der Waals surface area contributed by atoms with Gasteiger partial charge in [0, 0.05) is 30.4 Å². The fraction of sp³-hybridized carbons (Fsp3) is 0.154. The summed E-state index contributed by atoms with van der Waals surface area (Å²) in [4.78, 5) is 30.5. The van der Waals surface area contributed by atoms with Crippen molar-refractivity contribution < 1.29 is 13.9 Å². The highest BCUT2D eigenvalue weighted by Crippen LogP contribution is 2.34. The number of hydrogen-bond acceptors (Lipinski definition) is 6. The molecule has 0 bridgehead atoms. The van der Waals surface area contributed by atoms with E-state index in [4.69, 9.17) is 22.1 Å². The Hall–Kier alpha value is -4.04. The lowest BCUT2D eigenvalue weighted by atomic mass is 10.0. The highest BCUT2D eigenvalue weighted by molar-refractivity contribution is 6.34. The van der Waals surface area contributed by atoms with Crippen LogP contribution < -0.4 is 15.9 Å². The maximum absolute atomic E-state index is 13.4. The predicted octanol–water partition coefficient (Wildman–Crippen LogP) is 5.23.